The number of primary amides is 1. The molecule has 0 spiro atoms. The van der Waals surface area contributed by atoms with Gasteiger partial charge in [-0.25, -0.2) is 4.39 Å². The maximum Gasteiger partial charge on any atom is 0.235 e. The van der Waals surface area contributed by atoms with Crippen LogP contribution in [0.15, 0.2) is 36.4 Å². The lowest BCUT2D eigenvalue weighted by molar-refractivity contribution is -0.175. The third kappa shape index (κ3) is 3.29. The second-order valence-corrected chi connectivity index (χ2v) is 9.46. The molecule has 2 fully saturated rings. The summed E-state index contributed by atoms with van der Waals surface area (Å²) in [5.74, 6) is -5.77. The smallest absolute Gasteiger partial charge is 0.235 e. The van der Waals surface area contributed by atoms with E-state index >= 15 is 0 Å². The topological polar surface area (TPSA) is 152 Å². The van der Waals surface area contributed by atoms with Crippen molar-refractivity contribution in [1.82, 2.24) is 0 Å². The molecule has 2 saturated carbocycles. The number of halogens is 1. The molecule has 182 valence electrons. The maximum absolute atomic E-state index is 14.0. The molecule has 2 aromatic carbocycles. The minimum absolute atomic E-state index is 0.0170. The first-order chi connectivity index (χ1) is 17.1. The highest BCUT2D eigenvalue weighted by molar-refractivity contribution is 6.31. The minimum atomic E-state index is -2.69. The summed E-state index contributed by atoms with van der Waals surface area (Å²) in [4.78, 5) is 64.0. The lowest BCUT2D eigenvalue weighted by Crippen LogP contribution is -2.68. The van der Waals surface area contributed by atoms with Crippen molar-refractivity contribution in [3.05, 3.63) is 64.5 Å². The summed E-state index contributed by atoms with van der Waals surface area (Å²) in [6.07, 6.45) is -0.329. The average molecular weight is 489 g/mol. The largest absolute Gasteiger partial charge is 0.507 e. The molecule has 5 rings (SSSR count). The van der Waals surface area contributed by atoms with Gasteiger partial charge < -0.3 is 15.9 Å². The number of ketones is 4. The Morgan fingerprint density at radius 2 is 1.69 bits per heavy atom. The van der Waals surface area contributed by atoms with Crippen LogP contribution < -0.4 is 5.73 Å². The highest BCUT2D eigenvalue weighted by Gasteiger charge is 2.66. The van der Waals surface area contributed by atoms with Crippen LogP contribution in [-0.2, 0) is 25.6 Å². The van der Waals surface area contributed by atoms with Gasteiger partial charge in [0, 0.05) is 17.9 Å². The lowest BCUT2D eigenvalue weighted by Gasteiger charge is -2.48. The van der Waals surface area contributed by atoms with Gasteiger partial charge in [0.05, 0.1) is 17.0 Å². The van der Waals surface area contributed by atoms with Crippen LogP contribution >= 0.6 is 0 Å². The second-order valence-electron chi connectivity index (χ2n) is 9.46. The van der Waals surface area contributed by atoms with Crippen LogP contribution in [-0.4, -0.2) is 44.9 Å². The Labute approximate surface area is 204 Å². The van der Waals surface area contributed by atoms with E-state index in [2.05, 4.69) is 11.8 Å². The fourth-order valence-electron chi connectivity index (χ4n) is 5.78. The van der Waals surface area contributed by atoms with E-state index < -0.39 is 76.3 Å². The van der Waals surface area contributed by atoms with E-state index in [1.807, 2.05) is 0 Å². The Hall–Kier alpha value is -4.16. The molecule has 8 nitrogen and oxygen atoms in total. The van der Waals surface area contributed by atoms with Crippen molar-refractivity contribution in [3.8, 4) is 17.6 Å². The van der Waals surface area contributed by atoms with E-state index in [4.69, 9.17) is 5.73 Å². The predicted octanol–water partition coefficient (Wildman–Crippen LogP) is 0.866. The maximum atomic E-state index is 14.0. The molecule has 3 aliphatic carbocycles. The Morgan fingerprint density at radius 1 is 1.00 bits per heavy atom. The number of carbonyl (C=O) groups excluding carboxylic acids is 5. The number of fused-ring (bicyclic) bond motifs is 3. The summed E-state index contributed by atoms with van der Waals surface area (Å²) in [6, 6.07) is 8.62. The molecule has 0 aliphatic heterocycles. The van der Waals surface area contributed by atoms with E-state index in [0.29, 0.717) is 11.1 Å². The predicted molar refractivity (Wildman–Crippen MR) is 121 cm³/mol. The first kappa shape index (κ1) is 23.6. The fourth-order valence-corrected chi connectivity index (χ4v) is 5.78. The lowest BCUT2D eigenvalue weighted by atomic mass is 9.53. The number of hydrogen-bond acceptors (Lipinski definition) is 7. The van der Waals surface area contributed by atoms with E-state index in [1.54, 1.807) is 6.07 Å². The summed E-state index contributed by atoms with van der Waals surface area (Å²) in [7, 11) is 0. The Kier molecular flexibility index (Phi) is 5.38. The van der Waals surface area contributed by atoms with Gasteiger partial charge in [-0.2, -0.15) is 0 Å². The number of Topliss-reactive ketones (excluding diaryl/α,β-unsaturated/α-hetero) is 4. The van der Waals surface area contributed by atoms with Crippen molar-refractivity contribution >= 4 is 29.0 Å². The summed E-state index contributed by atoms with van der Waals surface area (Å²) in [6.45, 7) is 0. The normalized spacial score (nSPS) is 28.9. The van der Waals surface area contributed by atoms with Crippen LogP contribution in [0.2, 0.25) is 0 Å². The van der Waals surface area contributed by atoms with Crippen molar-refractivity contribution in [3.63, 3.8) is 0 Å². The minimum Gasteiger partial charge on any atom is -0.507 e. The number of aliphatic hydroxyl groups is 1. The van der Waals surface area contributed by atoms with Crippen molar-refractivity contribution in [2.24, 2.45) is 29.4 Å². The number of benzene rings is 2. The number of rotatable bonds is 1. The second kappa shape index (κ2) is 8.21. The first-order valence-electron chi connectivity index (χ1n) is 11.3. The molecule has 0 aromatic heterocycles. The Balaban J connectivity index is 1.58. The molecular weight excluding hydrogens is 469 g/mol. The van der Waals surface area contributed by atoms with Gasteiger partial charge in [0.1, 0.15) is 11.6 Å². The number of carbonyl (C=O) groups is 5. The monoisotopic (exact) mass is 489 g/mol. The van der Waals surface area contributed by atoms with Crippen LogP contribution in [0.4, 0.5) is 4.39 Å². The number of hydrogen-bond donors (Lipinski definition) is 3. The zero-order valence-corrected chi connectivity index (χ0v) is 18.8. The van der Waals surface area contributed by atoms with Gasteiger partial charge in [-0.3, -0.25) is 24.0 Å². The number of phenols is 1. The van der Waals surface area contributed by atoms with Crippen LogP contribution in [0.5, 0.6) is 5.75 Å². The molecule has 9 heteroatoms. The highest BCUT2D eigenvalue weighted by Crippen LogP contribution is 2.50. The van der Waals surface area contributed by atoms with Crippen molar-refractivity contribution in [2.75, 3.05) is 0 Å². The highest BCUT2D eigenvalue weighted by atomic mass is 19.1. The van der Waals surface area contributed by atoms with Crippen LogP contribution in [0.25, 0.3) is 0 Å². The average Bonchev–Trinajstić information content (AvgIpc) is 2.81. The van der Waals surface area contributed by atoms with E-state index in [-0.39, 0.29) is 24.0 Å². The van der Waals surface area contributed by atoms with Gasteiger partial charge in [0.15, 0.2) is 34.7 Å². The standard InChI is InChI=1S/C27H20FNO7/c28-17-4-2-1-3-13(17)6-5-12-7-8-18(30)21-16(12)10-14-9-15-11-19(31)22(26(29)35)25(34)27(15,36)24(33)20(14)23(21)32/h1-4,7-8,14-15,20,22,30,36H,9-11H2,(H2,29,35)/t14-,15+,20?,22?,27+/m1/s1. The van der Waals surface area contributed by atoms with Gasteiger partial charge in [-0.1, -0.05) is 24.0 Å². The number of aromatic hydroxyl groups is 1. The van der Waals surface area contributed by atoms with Gasteiger partial charge in [0.2, 0.25) is 5.91 Å². The SMILES string of the molecule is NC(=O)C1C(=O)C[C@@H]2C[C@@H]3Cc4c(C#Cc5ccccc5F)ccc(O)c4C(=O)C3C(=O)[C@]2(O)C1=O. The summed E-state index contributed by atoms with van der Waals surface area (Å²) < 4.78 is 14.0. The third-order valence-corrected chi connectivity index (χ3v) is 7.49. The molecular formula is C27H20FNO7. The molecule has 3 aliphatic rings. The molecule has 0 heterocycles. The molecule has 5 atom stereocenters. The quantitative estimate of drug-likeness (QED) is 0.397. The Bertz CT molecular complexity index is 1450. The Morgan fingerprint density at radius 3 is 2.39 bits per heavy atom. The summed E-state index contributed by atoms with van der Waals surface area (Å²) in [5.41, 5.74) is 3.19. The van der Waals surface area contributed by atoms with Crippen LogP contribution in [0.3, 0.4) is 0 Å². The molecule has 36 heavy (non-hydrogen) atoms. The molecule has 0 saturated heterocycles. The molecule has 2 unspecified atom stereocenters. The number of nitrogens with two attached hydrogens (primary N) is 1. The molecule has 0 bridgehead atoms. The zero-order chi connectivity index (χ0) is 25.9. The van der Waals surface area contributed by atoms with Gasteiger partial charge >= 0.3 is 0 Å². The first-order valence-corrected chi connectivity index (χ1v) is 11.3. The zero-order valence-electron chi connectivity index (χ0n) is 18.8. The number of amides is 1. The van der Waals surface area contributed by atoms with E-state index in [9.17, 15) is 38.6 Å². The van der Waals surface area contributed by atoms with E-state index in [0.717, 1.165) is 0 Å². The van der Waals surface area contributed by atoms with Crippen molar-refractivity contribution in [2.45, 2.75) is 24.9 Å². The third-order valence-electron chi connectivity index (χ3n) is 7.49. The van der Waals surface area contributed by atoms with Crippen LogP contribution in [0.1, 0.15) is 39.9 Å². The van der Waals surface area contributed by atoms with Gasteiger partial charge in [-0.15, -0.1) is 0 Å². The van der Waals surface area contributed by atoms with Crippen molar-refractivity contribution in [1.29, 1.82) is 0 Å². The summed E-state index contributed by atoms with van der Waals surface area (Å²) >= 11 is 0. The van der Waals surface area contributed by atoms with Gasteiger partial charge in [-0.05, 0) is 48.6 Å². The van der Waals surface area contributed by atoms with E-state index in [1.165, 1.54) is 30.3 Å². The number of phenolic OH excluding ortho intramolecular Hbond substituents is 1. The molecule has 4 N–H and O–H groups in total. The molecule has 0 radical (unpaired) electrons. The van der Waals surface area contributed by atoms with Gasteiger partial charge in [0.25, 0.3) is 0 Å². The molecule has 1 amide bonds. The summed E-state index contributed by atoms with van der Waals surface area (Å²) in [5, 5.41) is 21.7. The fraction of sp³-hybridized carbons (Fsp3) is 0.296. The van der Waals surface area contributed by atoms with Crippen LogP contribution in [0, 0.1) is 41.3 Å². The molecule has 2 aromatic rings. The van der Waals surface area contributed by atoms with Crippen molar-refractivity contribution < 1.29 is 38.6 Å².